The molecule has 1 heterocycles. The normalized spacial score (nSPS) is 10.6. The van der Waals surface area contributed by atoms with Crippen molar-refractivity contribution in [2.45, 2.75) is 5.75 Å². The molecule has 1 rings (SSSR count). The van der Waals surface area contributed by atoms with Gasteiger partial charge in [-0.05, 0) is 28.1 Å². The molecule has 0 aliphatic carbocycles. The van der Waals surface area contributed by atoms with Crippen LogP contribution in [0.1, 0.15) is 4.88 Å². The van der Waals surface area contributed by atoms with Gasteiger partial charge in [0.15, 0.2) is 0 Å². The van der Waals surface area contributed by atoms with Gasteiger partial charge < -0.3 is 0 Å². The van der Waals surface area contributed by atoms with Gasteiger partial charge in [-0.2, -0.15) is 0 Å². The summed E-state index contributed by atoms with van der Waals surface area (Å²) in [7, 11) is -2.27. The second-order valence-electron chi connectivity index (χ2n) is 1.70. The molecule has 2 nitrogen and oxygen atoms in total. The fraction of sp³-hybridized carbons (Fsp3) is 0.200. The van der Waals surface area contributed by atoms with Crippen LogP contribution in [0.4, 0.5) is 0 Å². The highest BCUT2D eigenvalue weighted by Crippen LogP contribution is 2.22. The van der Waals surface area contributed by atoms with Gasteiger partial charge in [0.2, 0.25) is 0 Å². The molecule has 0 aromatic carbocycles. The van der Waals surface area contributed by atoms with Crippen molar-refractivity contribution in [1.82, 2.24) is 0 Å². The van der Waals surface area contributed by atoms with Crippen molar-refractivity contribution < 1.29 is 8.42 Å². The van der Waals surface area contributed by atoms with E-state index < -0.39 is 10.7 Å². The summed E-state index contributed by atoms with van der Waals surface area (Å²) >= 11 is 4.69. The summed E-state index contributed by atoms with van der Waals surface area (Å²) in [6.07, 6.45) is 0. The van der Waals surface area contributed by atoms with E-state index in [-0.39, 0.29) is 5.75 Å². The van der Waals surface area contributed by atoms with Gasteiger partial charge in [0, 0.05) is 4.88 Å². The fourth-order valence-electron chi connectivity index (χ4n) is 0.564. The molecule has 0 aliphatic rings. The Balaban J connectivity index is 2.76. The van der Waals surface area contributed by atoms with Crippen molar-refractivity contribution in [2.75, 3.05) is 0 Å². The molecule has 1 aromatic rings. The van der Waals surface area contributed by atoms with Gasteiger partial charge in [0.05, 0.1) is 9.54 Å². The Kier molecular flexibility index (Phi) is 2.88. The van der Waals surface area contributed by atoms with Crippen LogP contribution in [0.25, 0.3) is 0 Å². The molecule has 0 radical (unpaired) electrons. The maximum atomic E-state index is 10.2. The minimum atomic E-state index is -2.27. The number of hydrogen-bond donors (Lipinski definition) is 1. The van der Waals surface area contributed by atoms with E-state index in [9.17, 15) is 8.42 Å². The highest BCUT2D eigenvalue weighted by molar-refractivity contribution is 9.11. The summed E-state index contributed by atoms with van der Waals surface area (Å²) in [5.41, 5.74) is 0. The minimum Gasteiger partial charge on any atom is -0.231 e. The van der Waals surface area contributed by atoms with Gasteiger partial charge in [0.1, 0.15) is 10.7 Å². The first kappa shape index (κ1) is 8.23. The molecule has 0 atom stereocenters. The summed E-state index contributed by atoms with van der Waals surface area (Å²) in [5.74, 6) is 0.158. The average Bonchev–Trinajstić information content (AvgIpc) is 2.13. The zero-order valence-corrected chi connectivity index (χ0v) is 8.21. The summed E-state index contributed by atoms with van der Waals surface area (Å²) in [5, 5.41) is 0. The Morgan fingerprint density at radius 2 is 2.20 bits per heavy atom. The van der Waals surface area contributed by atoms with Crippen molar-refractivity contribution in [2.24, 2.45) is 0 Å². The van der Waals surface area contributed by atoms with Crippen molar-refractivity contribution in [1.29, 1.82) is 0 Å². The molecule has 0 aliphatic heterocycles. The van der Waals surface area contributed by atoms with Crippen molar-refractivity contribution in [3.63, 3.8) is 0 Å². The van der Waals surface area contributed by atoms with E-state index in [1.807, 2.05) is 6.07 Å². The van der Waals surface area contributed by atoms with Gasteiger partial charge >= 0.3 is 0 Å². The molecule has 0 spiro atoms. The molecular weight excluding hydrogens is 236 g/mol. The predicted molar refractivity (Wildman–Crippen MR) is 46.0 cm³/mol. The summed E-state index contributed by atoms with van der Waals surface area (Å²) in [6, 6.07) is 3.65. The number of rotatable bonds is 2. The maximum absolute atomic E-state index is 10.2. The van der Waals surface area contributed by atoms with Crippen LogP contribution in [0.5, 0.6) is 0 Å². The molecule has 0 amide bonds. The Morgan fingerprint density at radius 3 is 2.60 bits per heavy atom. The lowest BCUT2D eigenvalue weighted by molar-refractivity contribution is 0.614. The lowest BCUT2D eigenvalue weighted by Gasteiger charge is -1.81. The summed E-state index contributed by atoms with van der Waals surface area (Å²) in [6.45, 7) is 0. The quantitative estimate of drug-likeness (QED) is 0.798. The topological polar surface area (TPSA) is 34.1 Å². The number of halogens is 1. The van der Waals surface area contributed by atoms with Crippen LogP contribution in [0.15, 0.2) is 15.9 Å². The summed E-state index contributed by atoms with van der Waals surface area (Å²) in [4.78, 5) is 0.878. The first-order chi connectivity index (χ1) is 4.68. The largest absolute Gasteiger partial charge is 0.231 e. The third-order valence-electron chi connectivity index (χ3n) is 0.914. The summed E-state index contributed by atoms with van der Waals surface area (Å²) < 4.78 is 21.4. The van der Waals surface area contributed by atoms with Crippen molar-refractivity contribution in [3.05, 3.63) is 20.8 Å². The molecule has 0 unspecified atom stereocenters. The molecule has 0 fully saturated rings. The average molecular weight is 241 g/mol. The van der Waals surface area contributed by atoms with E-state index in [0.717, 1.165) is 8.66 Å². The minimum absolute atomic E-state index is 0.158. The third kappa shape index (κ3) is 2.40. The van der Waals surface area contributed by atoms with E-state index in [1.165, 1.54) is 11.3 Å². The number of thiophene rings is 1. The van der Waals surface area contributed by atoms with Crippen LogP contribution < -0.4 is 0 Å². The van der Waals surface area contributed by atoms with Crippen molar-refractivity contribution in [3.8, 4) is 0 Å². The molecule has 0 bridgehead atoms. The molecule has 0 saturated carbocycles. The van der Waals surface area contributed by atoms with E-state index in [2.05, 4.69) is 15.9 Å². The molecule has 10 heavy (non-hydrogen) atoms. The highest BCUT2D eigenvalue weighted by Gasteiger charge is 1.97. The predicted octanol–water partition coefficient (Wildman–Crippen LogP) is 1.62. The van der Waals surface area contributed by atoms with Crippen LogP contribution in [0, 0.1) is 0 Å². The maximum Gasteiger partial charge on any atom is 0.145 e. The van der Waals surface area contributed by atoms with E-state index in [0.29, 0.717) is 0 Å². The highest BCUT2D eigenvalue weighted by atomic mass is 79.9. The lowest BCUT2D eigenvalue weighted by Crippen LogP contribution is -1.78. The van der Waals surface area contributed by atoms with Gasteiger partial charge in [-0.25, -0.2) is 8.42 Å². The van der Waals surface area contributed by atoms with Gasteiger partial charge in [-0.1, -0.05) is 0 Å². The number of thiol groups is 1. The molecule has 0 saturated heterocycles. The van der Waals surface area contributed by atoms with Gasteiger partial charge in [-0.3, -0.25) is 0 Å². The van der Waals surface area contributed by atoms with Crippen LogP contribution in [-0.2, 0) is 16.5 Å². The first-order valence-corrected chi connectivity index (χ1v) is 5.52. The van der Waals surface area contributed by atoms with E-state index >= 15 is 0 Å². The van der Waals surface area contributed by atoms with Crippen LogP contribution in [-0.4, -0.2) is 8.42 Å². The lowest BCUT2D eigenvalue weighted by atomic mass is 10.5. The molecule has 1 aromatic heterocycles. The van der Waals surface area contributed by atoms with Crippen LogP contribution in [0.3, 0.4) is 0 Å². The van der Waals surface area contributed by atoms with E-state index in [1.54, 1.807) is 6.07 Å². The standard InChI is InChI=1S/C5H5BrO2S2/c6-5-2-1-4(9-5)3-10(7)8/h1-2,10H,3H2. The monoisotopic (exact) mass is 240 g/mol. The zero-order chi connectivity index (χ0) is 7.56. The smallest absolute Gasteiger partial charge is 0.145 e. The Labute approximate surface area is 73.0 Å². The van der Waals surface area contributed by atoms with Crippen LogP contribution >= 0.6 is 27.3 Å². The molecule has 0 N–H and O–H groups in total. The Morgan fingerprint density at radius 1 is 1.50 bits per heavy atom. The van der Waals surface area contributed by atoms with E-state index in [4.69, 9.17) is 0 Å². The molecule has 5 heteroatoms. The Bertz CT molecular complexity index is 282. The second kappa shape index (κ2) is 3.50. The fourth-order valence-corrected chi connectivity index (χ4v) is 2.78. The molecule has 56 valence electrons. The van der Waals surface area contributed by atoms with Crippen molar-refractivity contribution >= 4 is 38.0 Å². The SMILES string of the molecule is O=[SH](=O)Cc1ccc(Br)s1. The van der Waals surface area contributed by atoms with Gasteiger partial charge in [0.25, 0.3) is 0 Å². The third-order valence-corrected chi connectivity index (χ3v) is 3.35. The Hall–Kier alpha value is 0.130. The van der Waals surface area contributed by atoms with Gasteiger partial charge in [-0.15, -0.1) is 11.3 Å². The first-order valence-electron chi connectivity index (χ1n) is 2.54. The van der Waals surface area contributed by atoms with Crippen LogP contribution in [0.2, 0.25) is 0 Å². The zero-order valence-electron chi connectivity index (χ0n) is 4.91. The molecular formula is C5H5BrO2S2. The second-order valence-corrected chi connectivity index (χ2v) is 5.23. The number of hydrogen-bond acceptors (Lipinski definition) is 3.